The van der Waals surface area contributed by atoms with Crippen molar-refractivity contribution in [1.29, 1.82) is 0 Å². The second kappa shape index (κ2) is 7.30. The molecular weight excluding hydrogens is 295 g/mol. The average Bonchev–Trinajstić information content (AvgIpc) is 2.37. The van der Waals surface area contributed by atoms with Crippen LogP contribution in [0.25, 0.3) is 0 Å². The van der Waals surface area contributed by atoms with Gasteiger partial charge in [-0.2, -0.15) is 0 Å². The number of benzene rings is 1. The van der Waals surface area contributed by atoms with E-state index in [1.165, 1.54) is 0 Å². The fraction of sp³-hybridized carbons (Fsp3) is 0.533. The van der Waals surface area contributed by atoms with Crippen LogP contribution in [0.4, 0.5) is 0 Å². The van der Waals surface area contributed by atoms with Gasteiger partial charge in [0, 0.05) is 22.7 Å². The zero-order valence-corrected chi connectivity index (χ0v) is 13.6. The zero-order chi connectivity index (χ0) is 14.0. The molecule has 3 nitrogen and oxygen atoms in total. The summed E-state index contributed by atoms with van der Waals surface area (Å²) in [5.74, 6) is 0.473. The highest BCUT2D eigenvalue weighted by molar-refractivity contribution is 6.31. The third-order valence-electron chi connectivity index (χ3n) is 3.94. The Labute approximate surface area is 131 Å². The van der Waals surface area contributed by atoms with Crippen LogP contribution in [-0.2, 0) is 0 Å². The van der Waals surface area contributed by atoms with Crippen molar-refractivity contribution in [3.63, 3.8) is 0 Å². The maximum atomic E-state index is 12.3. The Bertz CT molecular complexity index is 469. The molecule has 0 bridgehead atoms. The largest absolute Gasteiger partial charge is 0.347 e. The van der Waals surface area contributed by atoms with Gasteiger partial charge in [-0.1, -0.05) is 18.5 Å². The molecule has 5 heteroatoms. The minimum absolute atomic E-state index is 0. The molecule has 1 aromatic rings. The summed E-state index contributed by atoms with van der Waals surface area (Å²) < 4.78 is 0. The molecule has 0 aliphatic carbocycles. The number of piperidine rings is 1. The number of carbonyl (C=O) groups is 1. The maximum Gasteiger partial charge on any atom is 0.251 e. The topological polar surface area (TPSA) is 41.1 Å². The van der Waals surface area contributed by atoms with Crippen molar-refractivity contribution in [3.8, 4) is 0 Å². The maximum absolute atomic E-state index is 12.3. The van der Waals surface area contributed by atoms with Crippen molar-refractivity contribution in [2.75, 3.05) is 6.54 Å². The van der Waals surface area contributed by atoms with Crippen molar-refractivity contribution in [2.24, 2.45) is 5.92 Å². The van der Waals surface area contributed by atoms with E-state index < -0.39 is 0 Å². The van der Waals surface area contributed by atoms with Gasteiger partial charge < -0.3 is 10.6 Å². The molecule has 20 heavy (non-hydrogen) atoms. The molecule has 2 rings (SSSR count). The van der Waals surface area contributed by atoms with Gasteiger partial charge in [0.25, 0.3) is 5.91 Å². The van der Waals surface area contributed by atoms with Gasteiger partial charge in [0.15, 0.2) is 0 Å². The van der Waals surface area contributed by atoms with E-state index in [1.807, 2.05) is 13.0 Å². The van der Waals surface area contributed by atoms with E-state index >= 15 is 0 Å². The van der Waals surface area contributed by atoms with E-state index in [0.29, 0.717) is 22.5 Å². The number of aryl methyl sites for hydroxylation is 1. The molecule has 1 saturated heterocycles. The third kappa shape index (κ3) is 3.87. The van der Waals surface area contributed by atoms with Crippen LogP contribution in [0.5, 0.6) is 0 Å². The van der Waals surface area contributed by atoms with E-state index in [0.717, 1.165) is 18.5 Å². The van der Waals surface area contributed by atoms with Crippen molar-refractivity contribution in [1.82, 2.24) is 10.6 Å². The van der Waals surface area contributed by atoms with E-state index in [-0.39, 0.29) is 24.4 Å². The van der Waals surface area contributed by atoms with Gasteiger partial charge >= 0.3 is 0 Å². The first-order chi connectivity index (χ1) is 8.99. The van der Waals surface area contributed by atoms with Gasteiger partial charge in [-0.25, -0.2) is 0 Å². The van der Waals surface area contributed by atoms with Gasteiger partial charge in [-0.3, -0.25) is 4.79 Å². The third-order valence-corrected chi connectivity index (χ3v) is 4.36. The molecule has 0 spiro atoms. The van der Waals surface area contributed by atoms with Crippen LogP contribution in [0.3, 0.4) is 0 Å². The van der Waals surface area contributed by atoms with Crippen LogP contribution >= 0.6 is 24.0 Å². The van der Waals surface area contributed by atoms with Gasteiger partial charge in [-0.15, -0.1) is 12.4 Å². The smallest absolute Gasteiger partial charge is 0.251 e. The molecule has 1 fully saturated rings. The van der Waals surface area contributed by atoms with Gasteiger partial charge in [-0.05, 0) is 56.5 Å². The van der Waals surface area contributed by atoms with Crippen molar-refractivity contribution in [2.45, 2.75) is 39.3 Å². The first-order valence-corrected chi connectivity index (χ1v) is 7.17. The highest BCUT2D eigenvalue weighted by Gasteiger charge is 2.28. The number of amides is 1. The van der Waals surface area contributed by atoms with Crippen molar-refractivity contribution < 1.29 is 4.79 Å². The molecule has 0 saturated carbocycles. The average molecular weight is 317 g/mol. The molecule has 0 radical (unpaired) electrons. The zero-order valence-electron chi connectivity index (χ0n) is 12.1. The van der Waals surface area contributed by atoms with E-state index in [2.05, 4.69) is 24.5 Å². The van der Waals surface area contributed by atoms with Crippen LogP contribution in [0.1, 0.15) is 36.2 Å². The second-order valence-corrected chi connectivity index (χ2v) is 5.88. The van der Waals surface area contributed by atoms with Crippen molar-refractivity contribution >= 4 is 29.9 Å². The number of nitrogens with one attached hydrogen (secondary N) is 2. The lowest BCUT2D eigenvalue weighted by molar-refractivity contribution is 0.0897. The SMILES string of the molecule is Cc1cc(C(=O)NC2C(C)CCNC2C)ccc1Cl.Cl. The summed E-state index contributed by atoms with van der Waals surface area (Å²) in [5.41, 5.74) is 1.60. The lowest BCUT2D eigenvalue weighted by Gasteiger charge is -2.36. The molecule has 1 aliphatic rings. The molecular formula is C15H22Cl2N2O. The van der Waals surface area contributed by atoms with Gasteiger partial charge in [0.2, 0.25) is 0 Å². The predicted molar refractivity (Wildman–Crippen MR) is 85.9 cm³/mol. The number of hydrogen-bond donors (Lipinski definition) is 2. The lowest BCUT2D eigenvalue weighted by atomic mass is 9.89. The molecule has 1 aromatic carbocycles. The number of halogens is 2. The summed E-state index contributed by atoms with van der Waals surface area (Å²) in [6.07, 6.45) is 1.09. The number of rotatable bonds is 2. The minimum Gasteiger partial charge on any atom is -0.347 e. The Kier molecular flexibility index (Phi) is 6.31. The summed E-state index contributed by atoms with van der Waals surface area (Å²) >= 11 is 5.98. The summed E-state index contributed by atoms with van der Waals surface area (Å²) in [7, 11) is 0. The standard InChI is InChI=1S/C15H21ClN2O.ClH/c1-9-6-7-17-11(3)14(9)18-15(19)12-4-5-13(16)10(2)8-12;/h4-5,8-9,11,14,17H,6-7H2,1-3H3,(H,18,19);1H. The van der Waals surface area contributed by atoms with Crippen LogP contribution in [0.15, 0.2) is 18.2 Å². The fourth-order valence-electron chi connectivity index (χ4n) is 2.63. The van der Waals surface area contributed by atoms with E-state index in [1.54, 1.807) is 12.1 Å². The summed E-state index contributed by atoms with van der Waals surface area (Å²) in [6, 6.07) is 5.87. The normalized spacial score (nSPS) is 25.7. The Hall–Kier alpha value is -0.770. The second-order valence-electron chi connectivity index (χ2n) is 5.47. The van der Waals surface area contributed by atoms with Gasteiger partial charge in [0.05, 0.1) is 0 Å². The van der Waals surface area contributed by atoms with Crippen molar-refractivity contribution in [3.05, 3.63) is 34.3 Å². The predicted octanol–water partition coefficient (Wildman–Crippen LogP) is 3.19. The highest BCUT2D eigenvalue weighted by atomic mass is 35.5. The number of carbonyl (C=O) groups excluding carboxylic acids is 1. The molecule has 1 aliphatic heterocycles. The Morgan fingerprint density at radius 1 is 1.40 bits per heavy atom. The Balaban J connectivity index is 0.00000200. The lowest BCUT2D eigenvalue weighted by Crippen LogP contribution is -2.55. The molecule has 2 N–H and O–H groups in total. The Morgan fingerprint density at radius 3 is 2.70 bits per heavy atom. The number of hydrogen-bond acceptors (Lipinski definition) is 2. The quantitative estimate of drug-likeness (QED) is 0.879. The molecule has 1 heterocycles. The summed E-state index contributed by atoms with van der Waals surface area (Å²) in [4.78, 5) is 12.3. The molecule has 1 amide bonds. The molecule has 3 atom stereocenters. The minimum atomic E-state index is -0.0211. The monoisotopic (exact) mass is 316 g/mol. The van der Waals surface area contributed by atoms with Crippen LogP contribution < -0.4 is 10.6 Å². The van der Waals surface area contributed by atoms with Gasteiger partial charge in [0.1, 0.15) is 0 Å². The van der Waals surface area contributed by atoms with E-state index in [9.17, 15) is 4.79 Å². The van der Waals surface area contributed by atoms with Crippen LogP contribution in [-0.4, -0.2) is 24.5 Å². The Morgan fingerprint density at radius 2 is 2.10 bits per heavy atom. The highest BCUT2D eigenvalue weighted by Crippen LogP contribution is 2.19. The molecule has 112 valence electrons. The first kappa shape index (κ1) is 17.3. The molecule has 3 unspecified atom stereocenters. The summed E-state index contributed by atoms with van der Waals surface area (Å²) in [5, 5.41) is 7.23. The first-order valence-electron chi connectivity index (χ1n) is 6.79. The van der Waals surface area contributed by atoms with Crippen LogP contribution in [0, 0.1) is 12.8 Å². The summed E-state index contributed by atoms with van der Waals surface area (Å²) in [6.45, 7) is 7.24. The molecule has 0 aromatic heterocycles. The van der Waals surface area contributed by atoms with Crippen LogP contribution in [0.2, 0.25) is 5.02 Å². The van der Waals surface area contributed by atoms with E-state index in [4.69, 9.17) is 11.6 Å². The fourth-order valence-corrected chi connectivity index (χ4v) is 2.74.